The third-order valence-electron chi connectivity index (χ3n) is 3.24. The molecule has 0 radical (unpaired) electrons. The molecule has 15 heavy (non-hydrogen) atoms. The zero-order valence-corrected chi connectivity index (χ0v) is 9.02. The number of piperazine rings is 1. The van der Waals surface area contributed by atoms with Crippen LogP contribution in [0.25, 0.3) is 0 Å². The Morgan fingerprint density at radius 3 is 3.20 bits per heavy atom. The number of hydrogen-bond acceptors (Lipinski definition) is 2. The summed E-state index contributed by atoms with van der Waals surface area (Å²) >= 11 is 5.81. The predicted molar refractivity (Wildman–Crippen MR) is 59.1 cm³/mol. The summed E-state index contributed by atoms with van der Waals surface area (Å²) in [6.07, 6.45) is 0.927. The first kappa shape index (κ1) is 9.43. The second kappa shape index (κ2) is 3.35. The first-order valence-corrected chi connectivity index (χ1v) is 5.59. The Morgan fingerprint density at radius 2 is 2.33 bits per heavy atom. The third kappa shape index (κ3) is 1.42. The number of rotatable bonds is 0. The molecule has 2 aliphatic rings. The average Bonchev–Trinajstić information content (AvgIpc) is 2.57. The lowest BCUT2D eigenvalue weighted by atomic mass is 10.1. The average molecular weight is 227 g/mol. The summed E-state index contributed by atoms with van der Waals surface area (Å²) in [7, 11) is 0. The van der Waals surface area contributed by atoms with Gasteiger partial charge < -0.3 is 10.2 Å². The fraction of sp³-hybridized carbons (Fsp3) is 0.455. The van der Waals surface area contributed by atoms with E-state index in [1.54, 1.807) is 12.1 Å². The van der Waals surface area contributed by atoms with Crippen LogP contribution in [0.2, 0.25) is 5.02 Å². The summed E-state index contributed by atoms with van der Waals surface area (Å²) in [5, 5.41) is 3.58. The Kier molecular flexibility index (Phi) is 2.11. The molecule has 4 heteroatoms. The number of nitrogens with zero attached hydrogens (tertiary/aromatic N) is 1. The molecule has 2 heterocycles. The van der Waals surface area contributed by atoms with Crippen LogP contribution in [0.5, 0.6) is 0 Å². The number of hydrogen-bond donors (Lipinski definition) is 1. The van der Waals surface area contributed by atoms with E-state index in [0.717, 1.165) is 37.3 Å². The van der Waals surface area contributed by atoms with Gasteiger partial charge >= 0.3 is 0 Å². The van der Waals surface area contributed by atoms with Gasteiger partial charge in [0.05, 0.1) is 5.02 Å². The van der Waals surface area contributed by atoms with E-state index in [2.05, 4.69) is 10.2 Å². The Bertz CT molecular complexity index is 408. The van der Waals surface area contributed by atoms with Crippen molar-refractivity contribution < 1.29 is 4.39 Å². The van der Waals surface area contributed by atoms with Crippen LogP contribution in [0.3, 0.4) is 0 Å². The van der Waals surface area contributed by atoms with Gasteiger partial charge in [-0.15, -0.1) is 0 Å². The second-order valence-corrected chi connectivity index (χ2v) is 4.56. The summed E-state index contributed by atoms with van der Waals surface area (Å²) in [5.41, 5.74) is 2.21. The monoisotopic (exact) mass is 226 g/mol. The Balaban J connectivity index is 2.04. The maximum absolute atomic E-state index is 13.3. The quantitative estimate of drug-likeness (QED) is 0.726. The highest BCUT2D eigenvalue weighted by atomic mass is 35.5. The van der Waals surface area contributed by atoms with Gasteiger partial charge in [-0.05, 0) is 24.1 Å². The largest absolute Gasteiger partial charge is 0.365 e. The molecule has 1 atom stereocenters. The lowest BCUT2D eigenvalue weighted by Gasteiger charge is -2.32. The van der Waals surface area contributed by atoms with Crippen molar-refractivity contribution in [3.8, 4) is 0 Å². The Hall–Kier alpha value is -0.800. The fourth-order valence-corrected chi connectivity index (χ4v) is 2.68. The highest BCUT2D eigenvalue weighted by molar-refractivity contribution is 6.31. The van der Waals surface area contributed by atoms with Gasteiger partial charge in [-0.1, -0.05) is 11.6 Å². The van der Waals surface area contributed by atoms with Gasteiger partial charge in [-0.2, -0.15) is 0 Å². The zero-order valence-electron chi connectivity index (χ0n) is 8.26. The molecule has 1 aromatic rings. The van der Waals surface area contributed by atoms with E-state index < -0.39 is 0 Å². The Labute approximate surface area is 93.0 Å². The van der Waals surface area contributed by atoms with Gasteiger partial charge in [0.2, 0.25) is 0 Å². The van der Waals surface area contributed by atoms with Gasteiger partial charge in [0.1, 0.15) is 5.82 Å². The molecule has 0 aliphatic carbocycles. The maximum atomic E-state index is 13.3. The molecule has 2 aliphatic heterocycles. The van der Waals surface area contributed by atoms with Crippen LogP contribution in [0.1, 0.15) is 5.56 Å². The number of benzene rings is 1. The van der Waals surface area contributed by atoms with Crippen LogP contribution in [0.15, 0.2) is 12.1 Å². The van der Waals surface area contributed by atoms with Crippen LogP contribution in [-0.4, -0.2) is 25.7 Å². The van der Waals surface area contributed by atoms with E-state index in [1.807, 2.05) is 0 Å². The molecule has 0 unspecified atom stereocenters. The summed E-state index contributed by atoms with van der Waals surface area (Å²) in [5.74, 6) is -0.303. The second-order valence-electron chi connectivity index (χ2n) is 4.15. The van der Waals surface area contributed by atoms with Gasteiger partial charge in [0, 0.05) is 31.4 Å². The summed E-state index contributed by atoms with van der Waals surface area (Å²) in [4.78, 5) is 2.33. The number of anilines is 1. The van der Waals surface area contributed by atoms with Crippen molar-refractivity contribution in [2.45, 2.75) is 12.5 Å². The highest BCUT2D eigenvalue weighted by Crippen LogP contribution is 2.36. The summed E-state index contributed by atoms with van der Waals surface area (Å²) in [6, 6.07) is 3.82. The molecular weight excluding hydrogens is 215 g/mol. The number of fused-ring (bicyclic) bond motifs is 3. The molecule has 1 saturated heterocycles. The lowest BCUT2D eigenvalue weighted by Crippen LogP contribution is -2.49. The van der Waals surface area contributed by atoms with Crippen LogP contribution in [-0.2, 0) is 6.42 Å². The molecular formula is C11H12ClFN2. The Morgan fingerprint density at radius 1 is 1.47 bits per heavy atom. The SMILES string of the molecule is Fc1cc2c(cc1Cl)N1CCNC[C@@H]1C2. The minimum Gasteiger partial charge on any atom is -0.365 e. The minimum atomic E-state index is -0.303. The van der Waals surface area contributed by atoms with Crippen LogP contribution < -0.4 is 10.2 Å². The maximum Gasteiger partial charge on any atom is 0.142 e. The normalized spacial score (nSPS) is 23.9. The predicted octanol–water partition coefficient (Wildman–Crippen LogP) is 1.81. The number of halogens is 2. The third-order valence-corrected chi connectivity index (χ3v) is 3.53. The van der Waals surface area contributed by atoms with E-state index in [1.165, 1.54) is 0 Å². The van der Waals surface area contributed by atoms with Crippen molar-refractivity contribution in [3.63, 3.8) is 0 Å². The van der Waals surface area contributed by atoms with Crippen molar-refractivity contribution in [2.24, 2.45) is 0 Å². The van der Waals surface area contributed by atoms with Crippen molar-refractivity contribution in [1.29, 1.82) is 0 Å². The first-order chi connectivity index (χ1) is 7.25. The molecule has 0 bridgehead atoms. The van der Waals surface area contributed by atoms with Crippen molar-refractivity contribution in [3.05, 3.63) is 28.5 Å². The van der Waals surface area contributed by atoms with E-state index in [0.29, 0.717) is 6.04 Å². The van der Waals surface area contributed by atoms with Crippen LogP contribution in [0.4, 0.5) is 10.1 Å². The van der Waals surface area contributed by atoms with E-state index in [4.69, 9.17) is 11.6 Å². The summed E-state index contributed by atoms with van der Waals surface area (Å²) in [6.45, 7) is 2.96. The molecule has 0 spiro atoms. The van der Waals surface area contributed by atoms with Crippen LogP contribution in [0, 0.1) is 5.82 Å². The molecule has 0 amide bonds. The smallest absolute Gasteiger partial charge is 0.142 e. The standard InChI is InChI=1S/C11H12ClFN2/c12-9-5-11-7(4-10(9)13)3-8-6-14-1-2-15(8)11/h4-5,8,14H,1-3,6H2/t8-/m0/s1. The zero-order chi connectivity index (χ0) is 10.4. The minimum absolute atomic E-state index is 0.230. The molecule has 0 saturated carbocycles. The van der Waals surface area contributed by atoms with Crippen LogP contribution >= 0.6 is 11.6 Å². The van der Waals surface area contributed by atoms with E-state index in [9.17, 15) is 4.39 Å². The fourth-order valence-electron chi connectivity index (χ4n) is 2.52. The van der Waals surface area contributed by atoms with Gasteiger partial charge in [-0.25, -0.2) is 4.39 Å². The molecule has 2 nitrogen and oxygen atoms in total. The molecule has 0 aromatic heterocycles. The highest BCUT2D eigenvalue weighted by Gasteiger charge is 2.31. The molecule has 1 N–H and O–H groups in total. The van der Waals surface area contributed by atoms with Gasteiger partial charge in [-0.3, -0.25) is 0 Å². The van der Waals surface area contributed by atoms with E-state index >= 15 is 0 Å². The molecule has 1 fully saturated rings. The van der Waals surface area contributed by atoms with Crippen molar-refractivity contribution in [1.82, 2.24) is 5.32 Å². The van der Waals surface area contributed by atoms with Crippen molar-refractivity contribution in [2.75, 3.05) is 24.5 Å². The number of nitrogens with one attached hydrogen (secondary N) is 1. The topological polar surface area (TPSA) is 15.3 Å². The summed E-state index contributed by atoms with van der Waals surface area (Å²) < 4.78 is 13.3. The van der Waals surface area contributed by atoms with Crippen molar-refractivity contribution >= 4 is 17.3 Å². The molecule has 80 valence electrons. The molecule has 1 aromatic carbocycles. The molecule has 3 rings (SSSR count). The van der Waals surface area contributed by atoms with E-state index in [-0.39, 0.29) is 10.8 Å². The van der Waals surface area contributed by atoms with Gasteiger partial charge in [0.25, 0.3) is 0 Å². The lowest BCUT2D eigenvalue weighted by molar-refractivity contribution is 0.495. The first-order valence-electron chi connectivity index (χ1n) is 5.21. The van der Waals surface area contributed by atoms with Gasteiger partial charge in [0.15, 0.2) is 0 Å².